The van der Waals surface area contributed by atoms with Crippen molar-refractivity contribution < 1.29 is 14.6 Å². The van der Waals surface area contributed by atoms with Crippen LogP contribution in [0.1, 0.15) is 26.3 Å². The second-order valence-corrected chi connectivity index (χ2v) is 6.30. The fourth-order valence-corrected chi connectivity index (χ4v) is 2.29. The maximum atomic E-state index is 12.2. The molecular formula is C16H22BrNO3. The Hall–Kier alpha value is -1.33. The van der Waals surface area contributed by atoms with E-state index >= 15 is 0 Å². The Morgan fingerprint density at radius 2 is 2.14 bits per heavy atom. The van der Waals surface area contributed by atoms with E-state index in [1.807, 2.05) is 25.1 Å². The highest BCUT2D eigenvalue weighted by Gasteiger charge is 2.19. The molecule has 1 aromatic rings. The lowest BCUT2D eigenvalue weighted by molar-refractivity contribution is -0.128. The lowest BCUT2D eigenvalue weighted by Crippen LogP contribution is -2.41. The molecule has 0 spiro atoms. The highest BCUT2D eigenvalue weighted by Crippen LogP contribution is 2.24. The molecule has 5 heteroatoms. The summed E-state index contributed by atoms with van der Waals surface area (Å²) in [7, 11) is 1.59. The van der Waals surface area contributed by atoms with Crippen molar-refractivity contribution in [2.24, 2.45) is 0 Å². The first kappa shape index (κ1) is 17.7. The number of hydrogen-bond acceptors (Lipinski definition) is 3. The Bertz CT molecular complexity index is 521. The topological polar surface area (TPSA) is 49.8 Å². The molecule has 1 amide bonds. The van der Waals surface area contributed by atoms with Crippen LogP contribution < -0.4 is 4.74 Å². The zero-order valence-electron chi connectivity index (χ0n) is 12.9. The monoisotopic (exact) mass is 355 g/mol. The van der Waals surface area contributed by atoms with Crippen molar-refractivity contribution in [2.75, 3.05) is 20.2 Å². The van der Waals surface area contributed by atoms with E-state index in [2.05, 4.69) is 15.9 Å². The van der Waals surface area contributed by atoms with E-state index in [1.54, 1.807) is 31.9 Å². The van der Waals surface area contributed by atoms with E-state index in [0.717, 1.165) is 10.0 Å². The fraction of sp³-hybridized carbons (Fsp3) is 0.438. The third-order valence-electron chi connectivity index (χ3n) is 2.87. The molecule has 0 radical (unpaired) electrons. The molecule has 0 heterocycles. The predicted molar refractivity (Wildman–Crippen MR) is 88.3 cm³/mol. The zero-order chi connectivity index (χ0) is 16.0. The molecule has 0 aromatic heterocycles. The highest BCUT2D eigenvalue weighted by atomic mass is 79.9. The molecule has 0 bridgehead atoms. The molecule has 0 saturated heterocycles. The molecular weight excluding hydrogens is 334 g/mol. The van der Waals surface area contributed by atoms with Crippen molar-refractivity contribution in [3.05, 3.63) is 34.3 Å². The minimum Gasteiger partial charge on any atom is -0.496 e. The van der Waals surface area contributed by atoms with E-state index in [9.17, 15) is 9.90 Å². The van der Waals surface area contributed by atoms with Gasteiger partial charge in [0, 0.05) is 29.2 Å². The van der Waals surface area contributed by atoms with Crippen molar-refractivity contribution >= 4 is 27.9 Å². The van der Waals surface area contributed by atoms with Crippen LogP contribution in [0.2, 0.25) is 0 Å². The average Bonchev–Trinajstić information content (AvgIpc) is 2.41. The molecule has 4 nitrogen and oxygen atoms in total. The summed E-state index contributed by atoms with van der Waals surface area (Å²) >= 11 is 3.40. The Kier molecular flexibility index (Phi) is 6.42. The number of likely N-dealkylation sites (N-methyl/N-ethyl adjacent to an activating group) is 1. The molecule has 1 rings (SSSR count). The molecule has 0 aliphatic heterocycles. The summed E-state index contributed by atoms with van der Waals surface area (Å²) in [6, 6.07) is 5.60. The minimum absolute atomic E-state index is 0.137. The maximum Gasteiger partial charge on any atom is 0.246 e. The Morgan fingerprint density at radius 3 is 2.67 bits per heavy atom. The van der Waals surface area contributed by atoms with Gasteiger partial charge in [0.1, 0.15) is 5.75 Å². The molecule has 0 atom stereocenters. The first-order chi connectivity index (χ1) is 9.76. The first-order valence-corrected chi connectivity index (χ1v) is 7.59. The van der Waals surface area contributed by atoms with E-state index in [-0.39, 0.29) is 5.91 Å². The number of methoxy groups -OCH3 is 1. The molecule has 0 fully saturated rings. The number of hydrogen-bond donors (Lipinski definition) is 1. The van der Waals surface area contributed by atoms with Crippen molar-refractivity contribution in [1.82, 2.24) is 4.90 Å². The summed E-state index contributed by atoms with van der Waals surface area (Å²) in [5.74, 6) is 0.564. The summed E-state index contributed by atoms with van der Waals surface area (Å²) in [5.41, 5.74) is -0.0907. The van der Waals surface area contributed by atoms with Crippen LogP contribution in [-0.2, 0) is 4.79 Å². The van der Waals surface area contributed by atoms with Crippen LogP contribution in [0.5, 0.6) is 5.75 Å². The van der Waals surface area contributed by atoms with Gasteiger partial charge in [-0.15, -0.1) is 0 Å². The first-order valence-electron chi connectivity index (χ1n) is 6.79. The molecule has 1 N–H and O–H groups in total. The number of nitrogens with zero attached hydrogens (tertiary/aromatic N) is 1. The summed E-state index contributed by atoms with van der Waals surface area (Å²) < 4.78 is 6.18. The summed E-state index contributed by atoms with van der Waals surface area (Å²) in [4.78, 5) is 13.8. The standard InChI is InChI=1S/C16H22BrNO3/c1-5-18(11-16(2,3)20)15(19)9-6-12-10-13(17)7-8-14(12)21-4/h6-10,20H,5,11H2,1-4H3. The van der Waals surface area contributed by atoms with Crippen LogP contribution in [-0.4, -0.2) is 41.7 Å². The lowest BCUT2D eigenvalue weighted by atomic mass is 10.1. The zero-order valence-corrected chi connectivity index (χ0v) is 14.5. The van der Waals surface area contributed by atoms with Gasteiger partial charge in [-0.2, -0.15) is 0 Å². The van der Waals surface area contributed by atoms with Crippen LogP contribution >= 0.6 is 15.9 Å². The SMILES string of the molecule is CCN(CC(C)(C)O)C(=O)C=Cc1cc(Br)ccc1OC. The van der Waals surface area contributed by atoms with Crippen LogP contribution in [0, 0.1) is 0 Å². The summed E-state index contributed by atoms with van der Waals surface area (Å²) in [6.07, 6.45) is 3.22. The number of ether oxygens (including phenoxy) is 1. The second-order valence-electron chi connectivity index (χ2n) is 5.38. The number of benzene rings is 1. The van der Waals surface area contributed by atoms with Crippen LogP contribution in [0.15, 0.2) is 28.7 Å². The summed E-state index contributed by atoms with van der Waals surface area (Å²) in [6.45, 7) is 6.09. The largest absolute Gasteiger partial charge is 0.496 e. The molecule has 0 aliphatic rings. The van der Waals surface area contributed by atoms with E-state index in [4.69, 9.17) is 4.74 Å². The van der Waals surface area contributed by atoms with Crippen molar-refractivity contribution in [3.8, 4) is 5.75 Å². The number of carbonyl (C=O) groups excluding carboxylic acids is 1. The normalized spacial score (nSPS) is 11.7. The Balaban J connectivity index is 2.88. The maximum absolute atomic E-state index is 12.2. The number of aliphatic hydroxyl groups is 1. The van der Waals surface area contributed by atoms with Gasteiger partial charge in [-0.3, -0.25) is 4.79 Å². The minimum atomic E-state index is -0.910. The van der Waals surface area contributed by atoms with Gasteiger partial charge in [-0.05, 0) is 45.0 Å². The molecule has 116 valence electrons. The van der Waals surface area contributed by atoms with E-state index in [0.29, 0.717) is 18.8 Å². The molecule has 21 heavy (non-hydrogen) atoms. The van der Waals surface area contributed by atoms with Crippen molar-refractivity contribution in [3.63, 3.8) is 0 Å². The van der Waals surface area contributed by atoms with Gasteiger partial charge in [-0.25, -0.2) is 0 Å². The molecule has 0 saturated carbocycles. The van der Waals surface area contributed by atoms with E-state index < -0.39 is 5.60 Å². The number of carbonyl (C=O) groups is 1. The van der Waals surface area contributed by atoms with Gasteiger partial charge in [0.25, 0.3) is 0 Å². The lowest BCUT2D eigenvalue weighted by Gasteiger charge is -2.27. The van der Waals surface area contributed by atoms with Gasteiger partial charge in [0.05, 0.1) is 12.7 Å². The van der Waals surface area contributed by atoms with Gasteiger partial charge in [-0.1, -0.05) is 15.9 Å². The molecule has 1 aromatic carbocycles. The van der Waals surface area contributed by atoms with Crippen LogP contribution in [0.25, 0.3) is 6.08 Å². The van der Waals surface area contributed by atoms with Crippen LogP contribution in [0.4, 0.5) is 0 Å². The number of amides is 1. The second kappa shape index (κ2) is 7.61. The smallest absolute Gasteiger partial charge is 0.246 e. The number of halogens is 1. The molecule has 0 unspecified atom stereocenters. The Labute approximate surface area is 134 Å². The molecule has 0 aliphatic carbocycles. The van der Waals surface area contributed by atoms with Crippen molar-refractivity contribution in [2.45, 2.75) is 26.4 Å². The van der Waals surface area contributed by atoms with Gasteiger partial charge < -0.3 is 14.7 Å². The Morgan fingerprint density at radius 1 is 1.48 bits per heavy atom. The quantitative estimate of drug-likeness (QED) is 0.797. The fourth-order valence-electron chi connectivity index (χ4n) is 1.91. The highest BCUT2D eigenvalue weighted by molar-refractivity contribution is 9.10. The van der Waals surface area contributed by atoms with Gasteiger partial charge in [0.15, 0.2) is 0 Å². The van der Waals surface area contributed by atoms with E-state index in [1.165, 1.54) is 6.08 Å². The van der Waals surface area contributed by atoms with Crippen molar-refractivity contribution in [1.29, 1.82) is 0 Å². The average molecular weight is 356 g/mol. The third-order valence-corrected chi connectivity index (χ3v) is 3.36. The number of rotatable bonds is 6. The third kappa shape index (κ3) is 5.89. The summed E-state index contributed by atoms with van der Waals surface area (Å²) in [5, 5.41) is 9.83. The van der Waals surface area contributed by atoms with Crippen LogP contribution in [0.3, 0.4) is 0 Å². The van der Waals surface area contributed by atoms with Gasteiger partial charge >= 0.3 is 0 Å². The predicted octanol–water partition coefficient (Wildman–Crippen LogP) is 3.09. The van der Waals surface area contributed by atoms with Gasteiger partial charge in [0.2, 0.25) is 5.91 Å².